The number of hydrogen-bond acceptors (Lipinski definition) is 3. The van der Waals surface area contributed by atoms with E-state index in [0.29, 0.717) is 12.5 Å². The van der Waals surface area contributed by atoms with Crippen molar-refractivity contribution in [2.75, 3.05) is 6.61 Å². The van der Waals surface area contributed by atoms with Crippen molar-refractivity contribution in [2.24, 2.45) is 11.7 Å². The molecular weight excluding hydrogens is 188 g/mol. The number of rotatable bonds is 6. The molecule has 0 aliphatic heterocycles. The van der Waals surface area contributed by atoms with Gasteiger partial charge in [0.2, 0.25) is 0 Å². The summed E-state index contributed by atoms with van der Waals surface area (Å²) in [5.41, 5.74) is 6.36. The fraction of sp³-hybridized carbons (Fsp3) is 0.583. The molecule has 3 nitrogen and oxygen atoms in total. The lowest BCUT2D eigenvalue weighted by molar-refractivity contribution is 0.240. The Kier molecular flexibility index (Phi) is 5.12. The van der Waals surface area contributed by atoms with E-state index in [1.165, 1.54) is 0 Å². The van der Waals surface area contributed by atoms with Crippen molar-refractivity contribution >= 4 is 0 Å². The van der Waals surface area contributed by atoms with Crippen molar-refractivity contribution in [2.45, 2.75) is 33.2 Å². The maximum atomic E-state index is 5.65. The first-order valence-electron chi connectivity index (χ1n) is 5.57. The van der Waals surface area contributed by atoms with Gasteiger partial charge in [-0.2, -0.15) is 0 Å². The molecule has 0 unspecified atom stereocenters. The van der Waals surface area contributed by atoms with Crippen molar-refractivity contribution in [3.8, 4) is 5.75 Å². The molecule has 0 radical (unpaired) electrons. The Bertz CT molecular complexity index is 267. The van der Waals surface area contributed by atoms with Gasteiger partial charge in [-0.3, -0.25) is 4.98 Å². The van der Waals surface area contributed by atoms with Gasteiger partial charge in [-0.05, 0) is 18.1 Å². The first kappa shape index (κ1) is 12.0. The van der Waals surface area contributed by atoms with Gasteiger partial charge < -0.3 is 10.5 Å². The van der Waals surface area contributed by atoms with Crippen molar-refractivity contribution in [3.05, 3.63) is 24.0 Å². The fourth-order valence-electron chi connectivity index (χ4n) is 1.36. The van der Waals surface area contributed by atoms with Crippen LogP contribution in [0.25, 0.3) is 0 Å². The molecule has 1 heterocycles. The number of nitrogens with zero attached hydrogens (tertiary/aromatic N) is 1. The highest BCUT2D eigenvalue weighted by Gasteiger charge is 2.04. The summed E-state index contributed by atoms with van der Waals surface area (Å²) in [5, 5.41) is 0. The predicted molar refractivity (Wildman–Crippen MR) is 61.7 cm³/mol. The molecule has 0 aromatic carbocycles. The Morgan fingerprint density at radius 1 is 1.33 bits per heavy atom. The van der Waals surface area contributed by atoms with Gasteiger partial charge in [-0.15, -0.1) is 0 Å². The van der Waals surface area contributed by atoms with Crippen LogP contribution in [-0.2, 0) is 6.54 Å². The monoisotopic (exact) mass is 208 g/mol. The van der Waals surface area contributed by atoms with Gasteiger partial charge in [0.05, 0.1) is 18.5 Å². The van der Waals surface area contributed by atoms with Crippen LogP contribution in [0.15, 0.2) is 18.3 Å². The number of ether oxygens (including phenoxy) is 1. The van der Waals surface area contributed by atoms with Crippen molar-refractivity contribution in [1.29, 1.82) is 0 Å². The second-order valence-corrected chi connectivity index (χ2v) is 3.68. The van der Waals surface area contributed by atoms with Crippen LogP contribution in [0, 0.1) is 5.92 Å². The average molecular weight is 208 g/mol. The summed E-state index contributed by atoms with van der Waals surface area (Å²) in [5.74, 6) is 1.47. The highest BCUT2D eigenvalue weighted by molar-refractivity contribution is 5.19. The predicted octanol–water partition coefficient (Wildman–Crippen LogP) is 2.36. The Morgan fingerprint density at radius 2 is 2.07 bits per heavy atom. The largest absolute Gasteiger partial charge is 0.492 e. The van der Waals surface area contributed by atoms with Crippen LogP contribution in [0.4, 0.5) is 0 Å². The van der Waals surface area contributed by atoms with E-state index in [2.05, 4.69) is 18.8 Å². The van der Waals surface area contributed by atoms with Crippen LogP contribution in [0.2, 0.25) is 0 Å². The van der Waals surface area contributed by atoms with Crippen LogP contribution >= 0.6 is 0 Å². The van der Waals surface area contributed by atoms with E-state index < -0.39 is 0 Å². The third-order valence-corrected chi connectivity index (χ3v) is 2.65. The van der Waals surface area contributed by atoms with E-state index >= 15 is 0 Å². The van der Waals surface area contributed by atoms with E-state index in [9.17, 15) is 0 Å². The maximum Gasteiger partial charge on any atom is 0.137 e. The topological polar surface area (TPSA) is 48.1 Å². The summed E-state index contributed by atoms with van der Waals surface area (Å²) in [6, 6.07) is 3.83. The quantitative estimate of drug-likeness (QED) is 0.780. The zero-order chi connectivity index (χ0) is 11.1. The first-order valence-corrected chi connectivity index (χ1v) is 5.57. The maximum absolute atomic E-state index is 5.65. The lowest BCUT2D eigenvalue weighted by atomic mass is 10.1. The number of hydrogen-bond donors (Lipinski definition) is 1. The van der Waals surface area contributed by atoms with Crippen LogP contribution in [0.1, 0.15) is 32.4 Å². The molecule has 0 spiro atoms. The fourth-order valence-corrected chi connectivity index (χ4v) is 1.36. The molecule has 1 aromatic rings. The second-order valence-electron chi connectivity index (χ2n) is 3.68. The Labute approximate surface area is 91.7 Å². The van der Waals surface area contributed by atoms with Gasteiger partial charge in [-0.1, -0.05) is 26.7 Å². The van der Waals surface area contributed by atoms with Gasteiger partial charge in [0.15, 0.2) is 0 Å². The Hall–Kier alpha value is -1.09. The molecule has 0 saturated carbocycles. The lowest BCUT2D eigenvalue weighted by Gasteiger charge is -2.13. The van der Waals surface area contributed by atoms with Crippen molar-refractivity contribution in [3.63, 3.8) is 0 Å². The molecule has 84 valence electrons. The van der Waals surface area contributed by atoms with Crippen LogP contribution < -0.4 is 10.5 Å². The zero-order valence-electron chi connectivity index (χ0n) is 9.57. The van der Waals surface area contributed by atoms with Crippen LogP contribution in [0.3, 0.4) is 0 Å². The van der Waals surface area contributed by atoms with E-state index in [0.717, 1.165) is 30.9 Å². The minimum atomic E-state index is 0.479. The molecule has 0 aliphatic carbocycles. The molecule has 0 amide bonds. The van der Waals surface area contributed by atoms with Crippen LogP contribution in [-0.4, -0.2) is 11.6 Å². The number of nitrogens with two attached hydrogens (primary N) is 1. The van der Waals surface area contributed by atoms with Gasteiger partial charge in [0.25, 0.3) is 0 Å². The van der Waals surface area contributed by atoms with E-state index in [1.807, 2.05) is 12.1 Å². The van der Waals surface area contributed by atoms with Gasteiger partial charge >= 0.3 is 0 Å². The van der Waals surface area contributed by atoms with Gasteiger partial charge in [0.1, 0.15) is 5.75 Å². The smallest absolute Gasteiger partial charge is 0.137 e. The molecule has 0 saturated heterocycles. The molecular formula is C12H20N2O. The Balaban J connectivity index is 2.43. The summed E-state index contributed by atoms with van der Waals surface area (Å²) >= 11 is 0. The molecule has 3 heteroatoms. The van der Waals surface area contributed by atoms with Crippen molar-refractivity contribution < 1.29 is 4.74 Å². The molecule has 0 atom stereocenters. The zero-order valence-corrected chi connectivity index (χ0v) is 9.57. The van der Waals surface area contributed by atoms with E-state index in [4.69, 9.17) is 10.5 Å². The molecule has 0 bridgehead atoms. The SMILES string of the molecule is CCC(CC)COc1ccc(CN)nc1. The molecule has 1 aromatic heterocycles. The number of aromatic nitrogens is 1. The van der Waals surface area contributed by atoms with E-state index in [-0.39, 0.29) is 0 Å². The van der Waals surface area contributed by atoms with Crippen LogP contribution in [0.5, 0.6) is 5.75 Å². The lowest BCUT2D eigenvalue weighted by Crippen LogP contribution is -2.10. The molecule has 0 fully saturated rings. The second kappa shape index (κ2) is 6.40. The minimum absolute atomic E-state index is 0.479. The molecule has 0 aliphatic rings. The molecule has 1 rings (SSSR count). The summed E-state index contributed by atoms with van der Waals surface area (Å²) in [4.78, 5) is 4.18. The summed E-state index contributed by atoms with van der Waals surface area (Å²) in [7, 11) is 0. The first-order chi connectivity index (χ1) is 7.30. The third kappa shape index (κ3) is 3.88. The van der Waals surface area contributed by atoms with E-state index in [1.54, 1.807) is 6.20 Å². The van der Waals surface area contributed by atoms with Gasteiger partial charge in [-0.25, -0.2) is 0 Å². The molecule has 2 N–H and O–H groups in total. The normalized spacial score (nSPS) is 10.7. The minimum Gasteiger partial charge on any atom is -0.492 e. The molecule has 15 heavy (non-hydrogen) atoms. The Morgan fingerprint density at radius 3 is 2.53 bits per heavy atom. The standard InChI is InChI=1S/C12H20N2O/c1-3-10(4-2)9-15-12-6-5-11(7-13)14-8-12/h5-6,8,10H,3-4,7,9,13H2,1-2H3. The highest BCUT2D eigenvalue weighted by Crippen LogP contribution is 2.13. The summed E-state index contributed by atoms with van der Waals surface area (Å²) in [6.45, 7) is 5.63. The number of pyridine rings is 1. The van der Waals surface area contributed by atoms with Gasteiger partial charge in [0, 0.05) is 6.54 Å². The summed E-state index contributed by atoms with van der Waals surface area (Å²) < 4.78 is 5.65. The highest BCUT2D eigenvalue weighted by atomic mass is 16.5. The average Bonchev–Trinajstić information content (AvgIpc) is 2.31. The third-order valence-electron chi connectivity index (χ3n) is 2.65. The summed E-state index contributed by atoms with van der Waals surface area (Å²) in [6.07, 6.45) is 4.06. The van der Waals surface area contributed by atoms with Crippen molar-refractivity contribution in [1.82, 2.24) is 4.98 Å².